The van der Waals surface area contributed by atoms with Crippen LogP contribution in [0.1, 0.15) is 42.7 Å². The fourth-order valence-corrected chi connectivity index (χ4v) is 5.33. The Morgan fingerprint density at radius 3 is 2.68 bits per heavy atom. The highest BCUT2D eigenvalue weighted by atomic mass is 35.5. The molecular weight excluding hydrogens is 371 g/mol. The van der Waals surface area contributed by atoms with Crippen molar-refractivity contribution in [2.45, 2.75) is 37.8 Å². The van der Waals surface area contributed by atoms with Gasteiger partial charge < -0.3 is 5.32 Å². The number of thioether (sulfide) groups is 1. The zero-order valence-electron chi connectivity index (χ0n) is 13.2. The second-order valence-electron chi connectivity index (χ2n) is 6.41. The van der Waals surface area contributed by atoms with Crippen molar-refractivity contribution in [3.05, 3.63) is 56.2 Å². The summed E-state index contributed by atoms with van der Waals surface area (Å²) >= 11 is 7.60. The number of carbonyl (C=O) groups excluding carboxylic acids is 1. The van der Waals surface area contributed by atoms with Crippen LogP contribution < -0.4 is 5.32 Å². The summed E-state index contributed by atoms with van der Waals surface area (Å²) in [7, 11) is 0. The fourth-order valence-electron chi connectivity index (χ4n) is 3.76. The van der Waals surface area contributed by atoms with Crippen LogP contribution in [-0.4, -0.2) is 11.5 Å². The van der Waals surface area contributed by atoms with Gasteiger partial charge in [0.2, 0.25) is 0 Å². The van der Waals surface area contributed by atoms with Gasteiger partial charge in [0, 0.05) is 40.0 Å². The maximum atomic E-state index is 13.0. The molecule has 0 spiro atoms. The van der Waals surface area contributed by atoms with Gasteiger partial charge in [-0.05, 0) is 37.0 Å². The summed E-state index contributed by atoms with van der Waals surface area (Å²) < 4.78 is 39.0. The van der Waals surface area contributed by atoms with Gasteiger partial charge in [0.1, 0.15) is 0 Å². The Balaban J connectivity index is 1.83. The molecule has 1 atom stereocenters. The molecule has 7 heteroatoms. The van der Waals surface area contributed by atoms with E-state index in [1.165, 1.54) is 12.1 Å². The Morgan fingerprint density at radius 2 is 1.96 bits per heavy atom. The topological polar surface area (TPSA) is 29.1 Å². The number of carbonyl (C=O) groups is 1. The smallest absolute Gasteiger partial charge is 0.361 e. The second kappa shape index (κ2) is 6.09. The van der Waals surface area contributed by atoms with Crippen molar-refractivity contribution in [3.63, 3.8) is 0 Å². The lowest BCUT2D eigenvalue weighted by molar-refractivity contribution is -0.137. The van der Waals surface area contributed by atoms with Crippen LogP contribution in [0.15, 0.2) is 40.1 Å². The molecule has 1 aromatic rings. The van der Waals surface area contributed by atoms with Crippen LogP contribution in [0, 0.1) is 0 Å². The first-order valence-corrected chi connectivity index (χ1v) is 9.48. The zero-order chi connectivity index (χ0) is 17.8. The van der Waals surface area contributed by atoms with Crippen molar-refractivity contribution in [2.75, 3.05) is 5.75 Å². The minimum atomic E-state index is -4.48. The van der Waals surface area contributed by atoms with E-state index in [1.807, 2.05) is 0 Å². The minimum absolute atomic E-state index is 0.0776. The molecule has 3 aliphatic rings. The van der Waals surface area contributed by atoms with Crippen LogP contribution in [0.25, 0.3) is 0 Å². The number of hydrogen-bond acceptors (Lipinski definition) is 3. The molecule has 0 saturated heterocycles. The van der Waals surface area contributed by atoms with Gasteiger partial charge in [0.15, 0.2) is 5.78 Å². The largest absolute Gasteiger partial charge is 0.417 e. The average Bonchev–Trinajstić information content (AvgIpc) is 2.99. The number of dihydropyridines is 1. The summed E-state index contributed by atoms with van der Waals surface area (Å²) in [6.45, 7) is 0. The van der Waals surface area contributed by atoms with Gasteiger partial charge in [0.25, 0.3) is 0 Å². The van der Waals surface area contributed by atoms with E-state index in [9.17, 15) is 18.0 Å². The maximum Gasteiger partial charge on any atom is 0.417 e. The van der Waals surface area contributed by atoms with Crippen LogP contribution in [0.5, 0.6) is 0 Å². The van der Waals surface area contributed by atoms with Crippen molar-refractivity contribution in [1.29, 1.82) is 0 Å². The van der Waals surface area contributed by atoms with E-state index < -0.39 is 11.7 Å². The van der Waals surface area contributed by atoms with Crippen LogP contribution in [0.3, 0.4) is 0 Å². The van der Waals surface area contributed by atoms with Gasteiger partial charge in [-0.3, -0.25) is 4.79 Å². The minimum Gasteiger partial charge on any atom is -0.361 e. The molecule has 0 radical (unpaired) electrons. The molecule has 0 saturated carbocycles. The first-order chi connectivity index (χ1) is 11.9. The number of allylic oxidation sites excluding steroid dienone is 4. The highest BCUT2D eigenvalue weighted by molar-refractivity contribution is 8.03. The van der Waals surface area contributed by atoms with Crippen LogP contribution in [-0.2, 0) is 11.0 Å². The lowest BCUT2D eigenvalue weighted by Crippen LogP contribution is -2.30. The molecule has 132 valence electrons. The highest BCUT2D eigenvalue weighted by Crippen LogP contribution is 2.50. The molecule has 0 bridgehead atoms. The van der Waals surface area contributed by atoms with E-state index in [1.54, 1.807) is 11.8 Å². The van der Waals surface area contributed by atoms with E-state index in [2.05, 4.69) is 5.32 Å². The molecule has 1 unspecified atom stereocenters. The Kier molecular flexibility index (Phi) is 4.15. The van der Waals surface area contributed by atoms with E-state index in [-0.39, 0.29) is 16.7 Å². The number of Topliss-reactive ketones (excluding diaryl/α,β-unsaturated/α-hetero) is 1. The molecule has 2 aliphatic heterocycles. The predicted octanol–water partition coefficient (Wildman–Crippen LogP) is 5.40. The lowest BCUT2D eigenvalue weighted by Gasteiger charge is -2.33. The first kappa shape index (κ1) is 17.0. The third-order valence-corrected chi connectivity index (χ3v) is 6.36. The second-order valence-corrected chi connectivity index (χ2v) is 7.95. The SMILES string of the molecule is O=C1CCCC2=C1C(c1ccc(C(F)(F)F)c(Cl)c1)C1=C(CCS1)N2. The maximum absolute atomic E-state index is 13.0. The quantitative estimate of drug-likeness (QED) is 0.701. The number of halogens is 4. The van der Waals surface area contributed by atoms with Gasteiger partial charge >= 0.3 is 6.18 Å². The van der Waals surface area contributed by atoms with Crippen molar-refractivity contribution in [3.8, 4) is 0 Å². The van der Waals surface area contributed by atoms with Gasteiger partial charge in [-0.1, -0.05) is 17.7 Å². The van der Waals surface area contributed by atoms with Gasteiger partial charge in [-0.15, -0.1) is 11.8 Å². The summed E-state index contributed by atoms with van der Waals surface area (Å²) in [4.78, 5) is 13.6. The zero-order valence-corrected chi connectivity index (χ0v) is 14.7. The van der Waals surface area contributed by atoms with Crippen molar-refractivity contribution < 1.29 is 18.0 Å². The third kappa shape index (κ3) is 2.89. The van der Waals surface area contributed by atoms with Crippen molar-refractivity contribution >= 4 is 29.1 Å². The number of ketones is 1. The van der Waals surface area contributed by atoms with E-state index in [4.69, 9.17) is 11.6 Å². The summed E-state index contributed by atoms with van der Waals surface area (Å²) in [6, 6.07) is 3.85. The molecule has 0 amide bonds. The van der Waals surface area contributed by atoms with Crippen LogP contribution >= 0.6 is 23.4 Å². The Labute approximate surface area is 152 Å². The average molecular weight is 386 g/mol. The molecule has 2 nitrogen and oxygen atoms in total. The van der Waals surface area contributed by atoms with Gasteiger partial charge in [-0.2, -0.15) is 13.2 Å². The summed E-state index contributed by atoms with van der Waals surface area (Å²) in [5, 5.41) is 3.08. The van der Waals surface area contributed by atoms with E-state index in [0.717, 1.165) is 47.4 Å². The third-order valence-electron chi connectivity index (χ3n) is 4.85. The Hall–Kier alpha value is -1.40. The van der Waals surface area contributed by atoms with E-state index >= 15 is 0 Å². The number of rotatable bonds is 1. The summed E-state index contributed by atoms with van der Waals surface area (Å²) in [5.74, 6) is 0.692. The normalized spacial score (nSPS) is 23.5. The van der Waals surface area contributed by atoms with Crippen LogP contribution in [0.2, 0.25) is 5.02 Å². The summed E-state index contributed by atoms with van der Waals surface area (Å²) in [5.41, 5.74) is 2.54. The lowest BCUT2D eigenvalue weighted by atomic mass is 9.79. The standard InChI is InChI=1S/C18H15ClF3NOS/c19-11-8-9(4-5-10(11)18(20,21)22)15-16-12(2-1-3-14(16)24)23-13-6-7-25-17(13)15/h4-5,8,15,23H,1-3,6-7H2. The predicted molar refractivity (Wildman–Crippen MR) is 92.3 cm³/mol. The van der Waals surface area contributed by atoms with E-state index in [0.29, 0.717) is 17.6 Å². The number of benzene rings is 1. The molecule has 4 rings (SSSR count). The highest BCUT2D eigenvalue weighted by Gasteiger charge is 2.39. The molecule has 0 aromatic heterocycles. The first-order valence-electron chi connectivity index (χ1n) is 8.12. The Bertz CT molecular complexity index is 828. The molecule has 2 heterocycles. The Morgan fingerprint density at radius 1 is 1.16 bits per heavy atom. The number of alkyl halides is 3. The molecule has 0 fully saturated rings. The molecule has 1 aromatic carbocycles. The molecule has 1 aliphatic carbocycles. The van der Waals surface area contributed by atoms with Gasteiger partial charge in [0.05, 0.1) is 10.6 Å². The molecular formula is C18H15ClF3NOS. The monoisotopic (exact) mass is 385 g/mol. The molecule has 1 N–H and O–H groups in total. The van der Waals surface area contributed by atoms with Gasteiger partial charge in [-0.25, -0.2) is 0 Å². The number of nitrogens with one attached hydrogen (secondary N) is 1. The van der Waals surface area contributed by atoms with Crippen LogP contribution in [0.4, 0.5) is 13.2 Å². The summed E-state index contributed by atoms with van der Waals surface area (Å²) in [6.07, 6.45) is -1.51. The number of hydrogen-bond donors (Lipinski definition) is 1. The molecule has 25 heavy (non-hydrogen) atoms. The van der Waals surface area contributed by atoms with Crippen molar-refractivity contribution in [1.82, 2.24) is 5.32 Å². The fraction of sp³-hybridized carbons (Fsp3) is 0.389. The van der Waals surface area contributed by atoms with Crippen molar-refractivity contribution in [2.24, 2.45) is 0 Å².